The number of rotatable bonds is 4. The van der Waals surface area contributed by atoms with Crippen LogP contribution in [0.5, 0.6) is 5.88 Å². The Labute approximate surface area is 156 Å². The zero-order chi connectivity index (χ0) is 19.0. The van der Waals surface area contributed by atoms with Crippen molar-refractivity contribution in [1.29, 1.82) is 0 Å². The lowest BCUT2D eigenvalue weighted by molar-refractivity contribution is -0.0641. The fraction of sp³-hybridized carbons (Fsp3) is 0.591. The van der Waals surface area contributed by atoms with Crippen molar-refractivity contribution in [3.63, 3.8) is 0 Å². The smallest absolute Gasteiger partial charge is 0.214 e. The zero-order valence-electron chi connectivity index (χ0n) is 16.5. The van der Waals surface area contributed by atoms with Crippen LogP contribution in [-0.4, -0.2) is 22.3 Å². The summed E-state index contributed by atoms with van der Waals surface area (Å²) in [6, 6.07) is 9.90. The molecule has 142 valence electrons. The molecule has 0 spiro atoms. The fourth-order valence-electron chi connectivity index (χ4n) is 3.94. The molecule has 0 bridgehead atoms. The highest BCUT2D eigenvalue weighted by Gasteiger charge is 2.45. The van der Waals surface area contributed by atoms with Gasteiger partial charge in [0.2, 0.25) is 5.88 Å². The summed E-state index contributed by atoms with van der Waals surface area (Å²) >= 11 is 0. The molecule has 1 unspecified atom stereocenters. The van der Waals surface area contributed by atoms with Gasteiger partial charge in [-0.1, -0.05) is 33.3 Å². The van der Waals surface area contributed by atoms with Gasteiger partial charge in [0, 0.05) is 16.9 Å². The average molecular weight is 357 g/mol. The highest BCUT2D eigenvalue weighted by molar-refractivity contribution is 5.80. The third kappa shape index (κ3) is 3.58. The van der Waals surface area contributed by atoms with E-state index in [2.05, 4.69) is 20.8 Å². The van der Waals surface area contributed by atoms with Crippen LogP contribution in [0.1, 0.15) is 65.4 Å². The lowest BCUT2D eigenvalue weighted by atomic mass is 9.68. The van der Waals surface area contributed by atoms with Crippen molar-refractivity contribution in [3.05, 3.63) is 35.9 Å². The van der Waals surface area contributed by atoms with Gasteiger partial charge in [0.1, 0.15) is 5.60 Å². The van der Waals surface area contributed by atoms with Crippen LogP contribution >= 0.6 is 0 Å². The van der Waals surface area contributed by atoms with E-state index in [1.165, 1.54) is 19.3 Å². The fourth-order valence-corrected chi connectivity index (χ4v) is 3.94. The summed E-state index contributed by atoms with van der Waals surface area (Å²) in [7, 11) is 0. The molecule has 0 aliphatic heterocycles. The molecule has 1 fully saturated rings. The van der Waals surface area contributed by atoms with Gasteiger partial charge >= 0.3 is 0 Å². The van der Waals surface area contributed by atoms with E-state index in [4.69, 9.17) is 15.5 Å². The minimum absolute atomic E-state index is 0.0659. The van der Waals surface area contributed by atoms with Crippen LogP contribution in [-0.2, 0) is 5.54 Å². The second kappa shape index (κ2) is 6.82. The third-order valence-electron chi connectivity index (χ3n) is 5.98. The Morgan fingerprint density at radius 1 is 1.08 bits per heavy atom. The summed E-state index contributed by atoms with van der Waals surface area (Å²) < 4.78 is 6.56. The van der Waals surface area contributed by atoms with Crippen molar-refractivity contribution in [2.24, 2.45) is 11.1 Å². The molecule has 3 N–H and O–H groups in total. The van der Waals surface area contributed by atoms with Gasteiger partial charge in [0.05, 0.1) is 17.7 Å². The van der Waals surface area contributed by atoms with Gasteiger partial charge in [-0.3, -0.25) is 0 Å². The summed E-state index contributed by atoms with van der Waals surface area (Å²) in [5.74, 6) is 0.694. The van der Waals surface area contributed by atoms with Crippen LogP contribution in [0.3, 0.4) is 0 Å². The molecule has 1 aromatic carbocycles. The zero-order valence-corrected chi connectivity index (χ0v) is 16.5. The number of aromatic nitrogens is 1. The minimum Gasteiger partial charge on any atom is -0.470 e. The predicted molar refractivity (Wildman–Crippen MR) is 106 cm³/mol. The quantitative estimate of drug-likeness (QED) is 0.844. The minimum atomic E-state index is -0.748. The maximum Gasteiger partial charge on any atom is 0.214 e. The molecule has 2 aromatic rings. The van der Waals surface area contributed by atoms with Crippen molar-refractivity contribution >= 4 is 10.9 Å². The normalized spacial score (nSPS) is 19.9. The molecule has 4 nitrogen and oxygen atoms in total. The van der Waals surface area contributed by atoms with E-state index in [9.17, 15) is 5.11 Å². The van der Waals surface area contributed by atoms with Crippen molar-refractivity contribution in [1.82, 2.24) is 4.98 Å². The van der Waals surface area contributed by atoms with Crippen molar-refractivity contribution in [2.45, 2.75) is 70.9 Å². The number of nitrogens with two attached hydrogens (primary N) is 1. The Morgan fingerprint density at radius 3 is 2.38 bits per heavy atom. The Balaban J connectivity index is 1.92. The lowest BCUT2D eigenvalue weighted by Crippen LogP contribution is -2.49. The largest absolute Gasteiger partial charge is 0.470 e. The first-order chi connectivity index (χ1) is 12.2. The molecule has 1 aliphatic carbocycles. The number of aliphatic hydroxyl groups is 1. The molecule has 26 heavy (non-hydrogen) atoms. The number of ether oxygens (including phenoxy) is 1. The van der Waals surface area contributed by atoms with Gasteiger partial charge in [0.25, 0.3) is 0 Å². The number of benzene rings is 1. The first kappa shape index (κ1) is 19.1. The molecule has 1 aromatic heterocycles. The number of pyridine rings is 1. The summed E-state index contributed by atoms with van der Waals surface area (Å²) in [6.45, 7) is 8.53. The topological polar surface area (TPSA) is 68.4 Å². The number of aliphatic hydroxyl groups excluding tert-OH is 1. The van der Waals surface area contributed by atoms with Gasteiger partial charge in [-0.15, -0.1) is 0 Å². The molecule has 0 amide bonds. The number of hydrogen-bond acceptors (Lipinski definition) is 4. The van der Waals surface area contributed by atoms with E-state index in [-0.39, 0.29) is 17.6 Å². The van der Waals surface area contributed by atoms with E-state index in [1.807, 2.05) is 37.3 Å². The Morgan fingerprint density at radius 2 is 1.77 bits per heavy atom. The number of fused-ring (bicyclic) bond motifs is 1. The van der Waals surface area contributed by atoms with Crippen LogP contribution < -0.4 is 10.5 Å². The lowest BCUT2D eigenvalue weighted by Gasteiger charge is -2.47. The SMILES string of the molecule is CC(N)(CO)c1ccc2nc(OC3(C(C)(C)C)CCCCC3)ccc2c1. The summed E-state index contributed by atoms with van der Waals surface area (Å²) in [6.07, 6.45) is 5.88. The summed E-state index contributed by atoms with van der Waals surface area (Å²) in [4.78, 5) is 4.75. The van der Waals surface area contributed by atoms with Crippen LogP contribution in [0.15, 0.2) is 30.3 Å². The third-order valence-corrected chi connectivity index (χ3v) is 5.98. The Bertz CT molecular complexity index is 771. The standard InChI is InChI=1S/C22H32N2O2/c1-20(2,3)22(12-6-5-7-13-22)26-19-11-8-16-14-17(21(4,23)15-25)9-10-18(16)24-19/h8-11,14,25H,5-7,12-13,15,23H2,1-4H3. The van der Waals surface area contributed by atoms with Crippen LogP contribution in [0, 0.1) is 5.41 Å². The van der Waals surface area contributed by atoms with Crippen LogP contribution in [0.25, 0.3) is 10.9 Å². The van der Waals surface area contributed by atoms with Crippen LogP contribution in [0.2, 0.25) is 0 Å². The van der Waals surface area contributed by atoms with E-state index >= 15 is 0 Å². The van der Waals surface area contributed by atoms with Gasteiger partial charge in [0.15, 0.2) is 0 Å². The Hall–Kier alpha value is -1.65. The maximum atomic E-state index is 9.49. The first-order valence-electron chi connectivity index (χ1n) is 9.67. The summed E-state index contributed by atoms with van der Waals surface area (Å²) in [5, 5.41) is 10.5. The molecular formula is C22H32N2O2. The van der Waals surface area contributed by atoms with E-state index < -0.39 is 5.54 Å². The van der Waals surface area contributed by atoms with Crippen molar-refractivity contribution < 1.29 is 9.84 Å². The highest BCUT2D eigenvalue weighted by atomic mass is 16.5. The van der Waals surface area contributed by atoms with Gasteiger partial charge in [-0.2, -0.15) is 0 Å². The molecular weight excluding hydrogens is 324 g/mol. The molecule has 1 aliphatic rings. The molecule has 0 radical (unpaired) electrons. The number of hydrogen-bond donors (Lipinski definition) is 2. The summed E-state index contributed by atoms with van der Waals surface area (Å²) in [5.41, 5.74) is 7.11. The second-order valence-electron chi connectivity index (χ2n) is 9.04. The van der Waals surface area contributed by atoms with Crippen LogP contribution in [0.4, 0.5) is 0 Å². The monoisotopic (exact) mass is 356 g/mol. The average Bonchev–Trinajstić information content (AvgIpc) is 2.61. The van der Waals surface area contributed by atoms with Gasteiger partial charge in [-0.05, 0) is 56.4 Å². The molecule has 3 rings (SSSR count). The Kier molecular flexibility index (Phi) is 5.02. The molecule has 1 saturated carbocycles. The van der Waals surface area contributed by atoms with Crippen molar-refractivity contribution in [2.75, 3.05) is 6.61 Å². The van der Waals surface area contributed by atoms with Crippen molar-refractivity contribution in [3.8, 4) is 5.88 Å². The highest BCUT2D eigenvalue weighted by Crippen LogP contribution is 2.45. The van der Waals surface area contributed by atoms with Gasteiger partial charge in [-0.25, -0.2) is 4.98 Å². The predicted octanol–water partition coefficient (Wildman–Crippen LogP) is 4.53. The first-order valence-corrected chi connectivity index (χ1v) is 9.67. The van der Waals surface area contributed by atoms with Gasteiger partial charge < -0.3 is 15.6 Å². The maximum absolute atomic E-state index is 9.49. The van der Waals surface area contributed by atoms with E-state index in [0.717, 1.165) is 29.3 Å². The van der Waals surface area contributed by atoms with E-state index in [1.54, 1.807) is 0 Å². The molecule has 4 heteroatoms. The number of nitrogens with zero attached hydrogens (tertiary/aromatic N) is 1. The molecule has 1 heterocycles. The molecule has 1 atom stereocenters. The molecule has 0 saturated heterocycles. The second-order valence-corrected chi connectivity index (χ2v) is 9.04. The van der Waals surface area contributed by atoms with E-state index in [0.29, 0.717) is 5.88 Å².